The summed E-state index contributed by atoms with van der Waals surface area (Å²) in [7, 11) is 0. The quantitative estimate of drug-likeness (QED) is 0.283. The summed E-state index contributed by atoms with van der Waals surface area (Å²) in [4.78, 5) is 30.9. The van der Waals surface area contributed by atoms with Crippen molar-refractivity contribution >= 4 is 11.6 Å². The normalized spacial score (nSPS) is 21.9. The van der Waals surface area contributed by atoms with Crippen LogP contribution in [-0.4, -0.2) is 63.8 Å². The lowest BCUT2D eigenvalue weighted by Gasteiger charge is -2.45. The number of ketones is 2. The second-order valence-electron chi connectivity index (χ2n) is 14.3. The average Bonchev–Trinajstić information content (AvgIpc) is 2.74. The summed E-state index contributed by atoms with van der Waals surface area (Å²) in [5.74, 6) is -6.56. The van der Waals surface area contributed by atoms with Crippen molar-refractivity contribution < 1.29 is 27.2 Å². The third kappa shape index (κ3) is 6.64. The second-order valence-corrected chi connectivity index (χ2v) is 14.3. The van der Waals surface area contributed by atoms with Crippen LogP contribution in [0.1, 0.15) is 101 Å². The van der Waals surface area contributed by atoms with Gasteiger partial charge in [0.15, 0.2) is 5.78 Å². The van der Waals surface area contributed by atoms with E-state index in [4.69, 9.17) is 0 Å². The van der Waals surface area contributed by atoms with Gasteiger partial charge in [-0.25, -0.2) is 13.2 Å². The molecule has 0 amide bonds. The van der Waals surface area contributed by atoms with Gasteiger partial charge in [-0.2, -0.15) is 0 Å². The molecule has 2 aliphatic rings. The Bertz CT molecular complexity index is 970. The molecule has 0 fully saturated rings. The third-order valence-corrected chi connectivity index (χ3v) is 8.23. The molecule has 0 aromatic rings. The molecule has 0 saturated carbocycles. The van der Waals surface area contributed by atoms with E-state index < -0.39 is 65.5 Å². The topological polar surface area (TPSA) is 40.6 Å². The Kier molecular flexibility index (Phi) is 9.03. The SMILES string of the molecule is CC1(C)CCN(C(C)(C)C)C=C1C(=O)CC(F)(F)C(F)(CCCF)C(=O)C1=CN(C(C)(C)C)CCC1(C)C. The van der Waals surface area contributed by atoms with Crippen LogP contribution in [0.5, 0.6) is 0 Å². The van der Waals surface area contributed by atoms with Gasteiger partial charge in [0.05, 0.1) is 13.1 Å². The Hall–Kier alpha value is -1.86. The fourth-order valence-electron chi connectivity index (χ4n) is 5.16. The number of alkyl halides is 4. The highest BCUT2D eigenvalue weighted by Crippen LogP contribution is 2.48. The Morgan fingerprint density at radius 2 is 1.24 bits per heavy atom. The summed E-state index contributed by atoms with van der Waals surface area (Å²) in [6.45, 7) is 18.9. The number of rotatable bonds is 9. The van der Waals surface area contributed by atoms with Crippen LogP contribution in [0.4, 0.5) is 17.6 Å². The predicted octanol–water partition coefficient (Wildman–Crippen LogP) is 7.44. The minimum Gasteiger partial charge on any atom is -0.372 e. The molecule has 38 heavy (non-hydrogen) atoms. The van der Waals surface area contributed by atoms with E-state index in [1.165, 1.54) is 6.20 Å². The molecule has 2 aliphatic heterocycles. The zero-order valence-corrected chi connectivity index (χ0v) is 25.0. The summed E-state index contributed by atoms with van der Waals surface area (Å²) in [5.41, 5.74) is -5.84. The molecule has 0 aromatic carbocycles. The van der Waals surface area contributed by atoms with E-state index in [9.17, 15) is 14.0 Å². The highest BCUT2D eigenvalue weighted by atomic mass is 19.3. The molecule has 1 unspecified atom stereocenters. The number of halogens is 4. The molecular formula is C30H48F4N2O2. The molecule has 0 spiro atoms. The molecule has 1 atom stereocenters. The van der Waals surface area contributed by atoms with Gasteiger partial charge in [0, 0.05) is 47.7 Å². The average molecular weight is 545 g/mol. The van der Waals surface area contributed by atoms with E-state index in [0.29, 0.717) is 25.9 Å². The number of Topliss-reactive ketones (excluding diaryl/α,β-unsaturated/α-hetero) is 2. The maximum atomic E-state index is 16.6. The van der Waals surface area contributed by atoms with Gasteiger partial charge < -0.3 is 9.80 Å². The van der Waals surface area contributed by atoms with E-state index >= 15 is 13.2 Å². The first kappa shape index (κ1) is 32.4. The number of hydrogen-bond acceptors (Lipinski definition) is 4. The van der Waals surface area contributed by atoms with E-state index in [0.717, 1.165) is 0 Å². The van der Waals surface area contributed by atoms with Gasteiger partial charge >= 0.3 is 0 Å². The van der Waals surface area contributed by atoms with Crippen molar-refractivity contribution in [2.75, 3.05) is 19.8 Å². The smallest absolute Gasteiger partial charge is 0.296 e. The molecule has 8 heteroatoms. The first-order chi connectivity index (χ1) is 17.0. The first-order valence-electron chi connectivity index (χ1n) is 13.7. The molecule has 0 saturated heterocycles. The molecule has 218 valence electrons. The Balaban J connectivity index is 2.53. The fourth-order valence-corrected chi connectivity index (χ4v) is 5.16. The lowest BCUT2D eigenvalue weighted by Crippen LogP contribution is -2.55. The third-order valence-electron chi connectivity index (χ3n) is 8.23. The summed E-state index contributed by atoms with van der Waals surface area (Å²) in [5, 5.41) is 0. The minimum absolute atomic E-state index is 0.0525. The van der Waals surface area contributed by atoms with Crippen molar-refractivity contribution in [3.8, 4) is 0 Å². The van der Waals surface area contributed by atoms with Crippen LogP contribution in [-0.2, 0) is 9.59 Å². The van der Waals surface area contributed by atoms with Gasteiger partial charge in [0.25, 0.3) is 5.92 Å². The molecule has 0 N–H and O–H groups in total. The summed E-state index contributed by atoms with van der Waals surface area (Å²) in [6.07, 6.45) is 1.14. The number of carbonyl (C=O) groups excluding carboxylic acids is 2. The molecule has 2 rings (SSSR count). The van der Waals surface area contributed by atoms with E-state index in [-0.39, 0.29) is 16.7 Å². The number of nitrogens with zero attached hydrogens (tertiary/aromatic N) is 2. The highest BCUT2D eigenvalue weighted by Gasteiger charge is 2.62. The van der Waals surface area contributed by atoms with Crippen molar-refractivity contribution in [3.63, 3.8) is 0 Å². The van der Waals surface area contributed by atoms with E-state index in [1.807, 2.05) is 65.2 Å². The van der Waals surface area contributed by atoms with Crippen molar-refractivity contribution in [1.82, 2.24) is 9.80 Å². The summed E-state index contributed by atoms with van der Waals surface area (Å²) in [6, 6.07) is 0. The second kappa shape index (κ2) is 10.6. The van der Waals surface area contributed by atoms with Gasteiger partial charge in [-0.1, -0.05) is 27.7 Å². The zero-order chi connectivity index (χ0) is 29.5. The van der Waals surface area contributed by atoms with Gasteiger partial charge in [-0.3, -0.25) is 14.0 Å². The van der Waals surface area contributed by atoms with Crippen LogP contribution in [0.3, 0.4) is 0 Å². The largest absolute Gasteiger partial charge is 0.372 e. The molecule has 4 nitrogen and oxygen atoms in total. The summed E-state index contributed by atoms with van der Waals surface area (Å²) >= 11 is 0. The summed E-state index contributed by atoms with van der Waals surface area (Å²) < 4.78 is 61.7. The van der Waals surface area contributed by atoms with Crippen LogP contribution in [0.15, 0.2) is 23.5 Å². The van der Waals surface area contributed by atoms with Gasteiger partial charge in [0.1, 0.15) is 0 Å². The number of hydrogen-bond donors (Lipinski definition) is 0. The van der Waals surface area contributed by atoms with Crippen LogP contribution in [0.2, 0.25) is 0 Å². The Morgan fingerprint density at radius 1 is 0.816 bits per heavy atom. The van der Waals surface area contributed by atoms with Crippen molar-refractivity contribution in [1.29, 1.82) is 0 Å². The molecular weight excluding hydrogens is 496 g/mol. The van der Waals surface area contributed by atoms with Crippen molar-refractivity contribution in [2.45, 2.75) is 124 Å². The minimum atomic E-state index is -4.32. The Labute approximate surface area is 226 Å². The first-order valence-corrected chi connectivity index (χ1v) is 13.7. The zero-order valence-electron chi connectivity index (χ0n) is 25.0. The van der Waals surface area contributed by atoms with Gasteiger partial charge in [0.2, 0.25) is 11.5 Å². The van der Waals surface area contributed by atoms with Crippen LogP contribution in [0.25, 0.3) is 0 Å². The predicted molar refractivity (Wildman–Crippen MR) is 145 cm³/mol. The number of allylic oxidation sites excluding steroid dienone is 2. The highest BCUT2D eigenvalue weighted by molar-refractivity contribution is 6.05. The monoisotopic (exact) mass is 544 g/mol. The lowest BCUT2D eigenvalue weighted by molar-refractivity contribution is -0.170. The van der Waals surface area contributed by atoms with E-state index in [1.54, 1.807) is 20.0 Å². The maximum Gasteiger partial charge on any atom is 0.296 e. The van der Waals surface area contributed by atoms with Crippen LogP contribution < -0.4 is 0 Å². The fraction of sp³-hybridized carbons (Fsp3) is 0.800. The molecule has 0 aliphatic carbocycles. The standard InChI is InChI=1S/C30H48F4N2O2/c1-25(2,3)35-16-13-27(7,8)21(19-35)23(37)18-30(33,34)29(32,12-11-15-31)24(38)22-20-36(26(4,5)6)17-14-28(22,9)10/h19-20H,11-18H2,1-10H3. The van der Waals surface area contributed by atoms with Gasteiger partial charge in [-0.15, -0.1) is 0 Å². The van der Waals surface area contributed by atoms with Crippen molar-refractivity contribution in [3.05, 3.63) is 23.5 Å². The molecule has 0 aromatic heterocycles. The van der Waals surface area contributed by atoms with Crippen molar-refractivity contribution in [2.24, 2.45) is 10.8 Å². The van der Waals surface area contributed by atoms with Gasteiger partial charge in [-0.05, 0) is 78.1 Å². The molecule has 0 radical (unpaired) electrons. The van der Waals surface area contributed by atoms with E-state index in [2.05, 4.69) is 0 Å². The van der Waals surface area contributed by atoms with Crippen LogP contribution >= 0.6 is 0 Å². The number of carbonyl (C=O) groups is 2. The molecule has 0 bridgehead atoms. The lowest BCUT2D eigenvalue weighted by atomic mass is 9.70. The Morgan fingerprint density at radius 3 is 1.66 bits per heavy atom. The van der Waals surface area contributed by atoms with Crippen LogP contribution in [0, 0.1) is 10.8 Å². The molecule has 2 heterocycles. The maximum absolute atomic E-state index is 16.6.